The van der Waals surface area contributed by atoms with Crippen LogP contribution in [0.25, 0.3) is 0 Å². The smallest absolute Gasteiger partial charge is 0.326 e. The number of rotatable bonds is 41. The molecule has 0 radical (unpaired) electrons. The summed E-state index contributed by atoms with van der Waals surface area (Å²) in [6, 6.07) is 1.77. The number of carbonyl (C=O) groups is 14. The average molecular weight is 1290 g/mol. The number of aliphatic imine (C=N–C) groups is 1. The number of unbranched alkanes of at least 4 members (excludes halogenated alkanes) is 1. The highest BCUT2D eigenvalue weighted by atomic mass is 16.4. The quantitative estimate of drug-likeness (QED) is 0.0167. The number of nitrogens with zero attached hydrogens (tertiary/aromatic N) is 2. The van der Waals surface area contributed by atoms with Crippen molar-refractivity contribution in [2.24, 2.45) is 51.0 Å². The van der Waals surface area contributed by atoms with Crippen LogP contribution in [0.2, 0.25) is 0 Å². The maximum atomic E-state index is 14.6. The zero-order valence-corrected chi connectivity index (χ0v) is 51.4. The molecule has 506 valence electrons. The molecule has 3 rings (SSSR count). The van der Waals surface area contributed by atoms with Crippen molar-refractivity contribution in [3.8, 4) is 0 Å². The molecule has 0 spiro atoms. The molecule has 0 saturated carbocycles. The van der Waals surface area contributed by atoms with E-state index in [9.17, 15) is 77.3 Å². The number of carbonyl (C=O) groups excluding carboxylic acids is 13. The Morgan fingerprint density at radius 3 is 1.58 bits per heavy atom. The van der Waals surface area contributed by atoms with Crippen LogP contribution in [-0.4, -0.2) is 197 Å². The normalized spacial score (nSPS) is 15.5. The van der Waals surface area contributed by atoms with Crippen molar-refractivity contribution >= 4 is 88.7 Å². The van der Waals surface area contributed by atoms with Crippen LogP contribution in [0, 0.1) is 5.92 Å². The van der Waals surface area contributed by atoms with E-state index in [4.69, 9.17) is 40.1 Å². The molecular formula is C58H88N18O16. The van der Waals surface area contributed by atoms with Crippen LogP contribution in [0.4, 0.5) is 0 Å². The number of amides is 13. The molecule has 34 heteroatoms. The van der Waals surface area contributed by atoms with E-state index in [-0.39, 0.29) is 82.9 Å². The lowest BCUT2D eigenvalue weighted by Crippen LogP contribution is -2.60. The molecule has 0 bridgehead atoms. The zero-order valence-electron chi connectivity index (χ0n) is 51.4. The molecule has 92 heavy (non-hydrogen) atoms. The van der Waals surface area contributed by atoms with Gasteiger partial charge in [-0.2, -0.15) is 0 Å². The molecule has 0 aromatic heterocycles. The Labute approximate surface area is 530 Å². The maximum absolute atomic E-state index is 14.6. The van der Waals surface area contributed by atoms with E-state index in [1.807, 2.05) is 0 Å². The molecule has 2 aromatic rings. The van der Waals surface area contributed by atoms with Gasteiger partial charge >= 0.3 is 5.97 Å². The summed E-state index contributed by atoms with van der Waals surface area (Å²) in [6.45, 7) is 1.79. The number of primary amides is 3. The number of carboxylic acids is 1. The first-order valence-electron chi connectivity index (χ1n) is 29.8. The van der Waals surface area contributed by atoms with Crippen molar-refractivity contribution in [3.05, 3.63) is 71.8 Å². The van der Waals surface area contributed by atoms with Gasteiger partial charge in [-0.3, -0.25) is 67.3 Å². The van der Waals surface area contributed by atoms with Gasteiger partial charge in [-0.05, 0) is 75.0 Å². The molecule has 0 aliphatic carbocycles. The van der Waals surface area contributed by atoms with Crippen molar-refractivity contribution < 1.29 is 77.3 Å². The van der Waals surface area contributed by atoms with Crippen LogP contribution >= 0.6 is 0 Å². The molecule has 1 fully saturated rings. The first-order valence-corrected chi connectivity index (χ1v) is 29.8. The maximum Gasteiger partial charge on any atom is 0.326 e. The number of nitrogens with one attached hydrogen (secondary N) is 9. The number of aliphatic carboxylic acids is 1. The predicted octanol–water partition coefficient (Wildman–Crippen LogP) is -7.28. The highest BCUT2D eigenvalue weighted by Crippen LogP contribution is 2.21. The Hall–Kier alpha value is -9.83. The lowest BCUT2D eigenvalue weighted by molar-refractivity contribution is -0.143. The third-order valence-corrected chi connectivity index (χ3v) is 14.2. The largest absolute Gasteiger partial charge is 0.480 e. The van der Waals surface area contributed by atoms with Gasteiger partial charge < -0.3 is 103 Å². The van der Waals surface area contributed by atoms with Gasteiger partial charge in [0.2, 0.25) is 76.8 Å². The first kappa shape index (κ1) is 76.4. The van der Waals surface area contributed by atoms with E-state index in [0.29, 0.717) is 24.0 Å². The minimum absolute atomic E-state index is 0.00253. The molecule has 13 amide bonds. The molecule has 0 unspecified atom stereocenters. The first-order chi connectivity index (χ1) is 43.5. The van der Waals surface area contributed by atoms with E-state index in [1.165, 1.54) is 0 Å². The predicted molar refractivity (Wildman–Crippen MR) is 330 cm³/mol. The summed E-state index contributed by atoms with van der Waals surface area (Å²) >= 11 is 0. The topological polar surface area (TPSA) is 585 Å². The van der Waals surface area contributed by atoms with E-state index >= 15 is 0 Å². The van der Waals surface area contributed by atoms with Gasteiger partial charge in [0.15, 0.2) is 5.96 Å². The van der Waals surface area contributed by atoms with Crippen molar-refractivity contribution in [1.29, 1.82) is 0 Å². The summed E-state index contributed by atoms with van der Waals surface area (Å²) < 4.78 is 0. The van der Waals surface area contributed by atoms with E-state index in [2.05, 4.69) is 52.8 Å². The standard InChI is InChI=1S/C58H88N18O16/c1-31(2)23-37(51(85)72-38(24-32-13-5-3-6-14-32)49(83)67-29-47(81)68-42(30-77)54(88)73-40(27-45(62)79)53(87)70-36(57(91)92)18-11-21-66-58(64)65)71-52(86)39(25-33-15-7-4-8-16-33)74-55(89)43-19-12-22-76(43)56(90)41(28-46(63)80)75-50(84)35(17-9-10-20-59)69-48(82)34(60)26-44(61)78/h3-8,13-16,31,34-43,77H,9-12,17-30,59-60H2,1-2H3,(H2,61,78)(H2,62,79)(H2,63,80)(H,67,83)(H,68,81)(H,69,82)(H,70,87)(H,71,86)(H,72,85)(H,73,88)(H,74,89)(H,75,84)(H,91,92)(H4,64,65,66)/t34-,35-,36-,37-,38-,39-,40-,41-,42-,43-/m0/s1. The van der Waals surface area contributed by atoms with Gasteiger partial charge in [0, 0.05) is 25.9 Å². The second-order valence-corrected chi connectivity index (χ2v) is 22.3. The summed E-state index contributed by atoms with van der Waals surface area (Å²) in [7, 11) is 0. The van der Waals surface area contributed by atoms with Crippen LogP contribution in [0.5, 0.6) is 0 Å². The Morgan fingerprint density at radius 1 is 0.554 bits per heavy atom. The van der Waals surface area contributed by atoms with Crippen LogP contribution in [0.1, 0.15) is 95.6 Å². The monoisotopic (exact) mass is 1290 g/mol. The van der Waals surface area contributed by atoms with E-state index < -0.39 is 176 Å². The third kappa shape index (κ3) is 27.5. The Kier molecular flexibility index (Phi) is 32.7. The number of hydrogen-bond acceptors (Lipinski definition) is 18. The average Bonchev–Trinajstić information content (AvgIpc) is 1.80. The van der Waals surface area contributed by atoms with Crippen LogP contribution < -0.4 is 88.0 Å². The molecule has 25 N–H and O–H groups in total. The summed E-state index contributed by atoms with van der Waals surface area (Å²) in [5.74, 6) is -14.6. The third-order valence-electron chi connectivity index (χ3n) is 14.2. The molecular weight excluding hydrogens is 1200 g/mol. The second kappa shape index (κ2) is 39.3. The second-order valence-electron chi connectivity index (χ2n) is 22.3. The zero-order chi connectivity index (χ0) is 68.6. The fourth-order valence-electron chi connectivity index (χ4n) is 9.61. The molecule has 2 aromatic carbocycles. The molecule has 10 atom stereocenters. The van der Waals surface area contributed by atoms with Gasteiger partial charge in [0.25, 0.3) is 0 Å². The fourth-order valence-corrected chi connectivity index (χ4v) is 9.61. The Balaban J connectivity index is 1.85. The molecule has 1 saturated heterocycles. The molecule has 34 nitrogen and oxygen atoms in total. The Bertz CT molecular complexity index is 2920. The Morgan fingerprint density at radius 2 is 1.03 bits per heavy atom. The SMILES string of the molecule is CC(C)C[C@H](NC(=O)[C@H](Cc1ccccc1)NC(=O)[C@@H]1CCCN1C(=O)[C@H](CC(N)=O)NC(=O)[C@H](CCCCN)NC(=O)[C@@H](N)CC(N)=O)C(=O)N[C@@H](Cc1ccccc1)C(=O)NCC(=O)N[C@@H](CO)C(=O)N[C@@H](CC(N)=O)C(=O)N[C@@H](CCCN=C(N)N)C(=O)O. The number of carboxylic acid groups (broad SMARTS) is 1. The van der Waals surface area contributed by atoms with E-state index in [1.54, 1.807) is 74.5 Å². The number of nitrogens with two attached hydrogens (primary N) is 7. The minimum Gasteiger partial charge on any atom is -0.480 e. The van der Waals surface area contributed by atoms with E-state index in [0.717, 1.165) is 4.90 Å². The van der Waals surface area contributed by atoms with Gasteiger partial charge in [0.1, 0.15) is 54.4 Å². The molecule has 1 aliphatic heterocycles. The number of guanidine groups is 1. The van der Waals surface area contributed by atoms with Gasteiger partial charge in [-0.1, -0.05) is 74.5 Å². The highest BCUT2D eigenvalue weighted by Gasteiger charge is 2.41. The summed E-state index contributed by atoms with van der Waals surface area (Å²) in [5.41, 5.74) is 39.2. The van der Waals surface area contributed by atoms with Crippen molar-refractivity contribution in [2.45, 2.75) is 158 Å². The van der Waals surface area contributed by atoms with Gasteiger partial charge in [-0.15, -0.1) is 0 Å². The number of aliphatic hydroxyl groups is 1. The summed E-state index contributed by atoms with van der Waals surface area (Å²) in [5, 5.41) is 41.7. The van der Waals surface area contributed by atoms with Gasteiger partial charge in [-0.25, -0.2) is 4.79 Å². The molecule has 1 aliphatic rings. The fraction of sp³-hybridized carbons (Fsp3) is 0.534. The number of likely N-dealkylation sites (tertiary alicyclic amines) is 1. The number of benzene rings is 2. The lowest BCUT2D eigenvalue weighted by atomic mass is 9.99. The summed E-state index contributed by atoms with van der Waals surface area (Å²) in [6.07, 6.45) is -1.41. The van der Waals surface area contributed by atoms with Crippen molar-refractivity contribution in [1.82, 2.24) is 52.8 Å². The minimum atomic E-state index is -1.81. The van der Waals surface area contributed by atoms with Crippen molar-refractivity contribution in [3.63, 3.8) is 0 Å². The number of aliphatic hydroxyl groups excluding tert-OH is 1. The van der Waals surface area contributed by atoms with Crippen LogP contribution in [0.15, 0.2) is 65.7 Å². The summed E-state index contributed by atoms with van der Waals surface area (Å²) in [4.78, 5) is 191. The van der Waals surface area contributed by atoms with Crippen LogP contribution in [-0.2, 0) is 80.0 Å². The van der Waals surface area contributed by atoms with Crippen molar-refractivity contribution in [2.75, 3.05) is 32.8 Å². The van der Waals surface area contributed by atoms with Crippen LogP contribution in [0.3, 0.4) is 0 Å². The number of hydrogen-bond donors (Lipinski definition) is 18. The lowest BCUT2D eigenvalue weighted by Gasteiger charge is -2.31. The highest BCUT2D eigenvalue weighted by molar-refractivity contribution is 6.00. The molecule has 1 heterocycles. The van der Waals surface area contributed by atoms with Gasteiger partial charge in [0.05, 0.1) is 38.5 Å².